The number of anilines is 1. The summed E-state index contributed by atoms with van der Waals surface area (Å²) >= 11 is 1.47. The zero-order valence-electron chi connectivity index (χ0n) is 14.4. The van der Waals surface area contributed by atoms with E-state index in [1.807, 2.05) is 50.2 Å². The average Bonchev–Trinajstić information content (AvgIpc) is 3.24. The van der Waals surface area contributed by atoms with Gasteiger partial charge in [0, 0.05) is 22.5 Å². The second kappa shape index (κ2) is 6.68. The van der Waals surface area contributed by atoms with Crippen molar-refractivity contribution in [2.45, 2.75) is 20.4 Å². The lowest BCUT2D eigenvalue weighted by Crippen LogP contribution is -2.11. The molecule has 0 unspecified atom stereocenters. The maximum Gasteiger partial charge on any atom is 0.257 e. The van der Waals surface area contributed by atoms with Crippen molar-refractivity contribution >= 4 is 33.4 Å². The van der Waals surface area contributed by atoms with Gasteiger partial charge in [0.1, 0.15) is 5.52 Å². The molecule has 4 rings (SSSR count). The minimum Gasteiger partial charge on any atom is -0.298 e. The minimum atomic E-state index is -0.202. The zero-order valence-corrected chi connectivity index (χ0v) is 15.2. The molecule has 130 valence electrons. The van der Waals surface area contributed by atoms with Crippen molar-refractivity contribution in [2.75, 3.05) is 5.32 Å². The number of carbonyl (C=O) groups excluding carboxylic acids is 1. The highest BCUT2D eigenvalue weighted by atomic mass is 32.1. The van der Waals surface area contributed by atoms with Crippen LogP contribution in [0.25, 0.3) is 22.3 Å². The molecule has 6 nitrogen and oxygen atoms in total. The van der Waals surface area contributed by atoms with E-state index in [0.717, 1.165) is 28.2 Å². The van der Waals surface area contributed by atoms with Gasteiger partial charge in [0.2, 0.25) is 0 Å². The number of hydrogen-bond acceptors (Lipinski definition) is 5. The fraction of sp³-hybridized carbons (Fsp3) is 0.158. The van der Waals surface area contributed by atoms with Crippen LogP contribution < -0.4 is 5.32 Å². The summed E-state index contributed by atoms with van der Waals surface area (Å²) in [6.45, 7) is 4.75. The van der Waals surface area contributed by atoms with Crippen LogP contribution in [0.3, 0.4) is 0 Å². The van der Waals surface area contributed by atoms with Crippen LogP contribution in [0.1, 0.15) is 22.2 Å². The van der Waals surface area contributed by atoms with Crippen molar-refractivity contribution in [3.63, 3.8) is 0 Å². The van der Waals surface area contributed by atoms with Gasteiger partial charge >= 0.3 is 0 Å². The number of fused-ring (bicyclic) bond motifs is 1. The van der Waals surface area contributed by atoms with E-state index in [-0.39, 0.29) is 5.91 Å². The molecule has 0 fully saturated rings. The Labute approximate surface area is 154 Å². The predicted molar refractivity (Wildman–Crippen MR) is 103 cm³/mol. The predicted octanol–water partition coefficient (Wildman–Crippen LogP) is 4.14. The Morgan fingerprint density at radius 2 is 2.00 bits per heavy atom. The summed E-state index contributed by atoms with van der Waals surface area (Å²) in [7, 11) is 0. The fourth-order valence-electron chi connectivity index (χ4n) is 2.83. The van der Waals surface area contributed by atoms with Gasteiger partial charge in [-0.25, -0.2) is 9.67 Å². The molecule has 2 heterocycles. The Bertz CT molecular complexity index is 1080. The molecule has 0 aliphatic carbocycles. The summed E-state index contributed by atoms with van der Waals surface area (Å²) in [5.41, 5.74) is 4.10. The Morgan fingerprint density at radius 3 is 2.77 bits per heavy atom. The SMILES string of the molecule is CCn1nnc2cc(C(=O)Nc3nc(-c4ccccc4)c(C)s3)ccc21. The first-order chi connectivity index (χ1) is 12.7. The molecule has 0 radical (unpaired) electrons. The molecule has 0 saturated carbocycles. The summed E-state index contributed by atoms with van der Waals surface area (Å²) in [6, 6.07) is 15.4. The van der Waals surface area contributed by atoms with Crippen LogP contribution in [0.4, 0.5) is 5.13 Å². The summed E-state index contributed by atoms with van der Waals surface area (Å²) in [6.07, 6.45) is 0. The molecule has 0 atom stereocenters. The highest BCUT2D eigenvalue weighted by Gasteiger charge is 2.14. The third-order valence-electron chi connectivity index (χ3n) is 4.14. The van der Waals surface area contributed by atoms with Crippen LogP contribution in [-0.2, 0) is 6.54 Å². The van der Waals surface area contributed by atoms with Crippen LogP contribution in [0, 0.1) is 6.92 Å². The molecule has 7 heteroatoms. The standard InChI is InChI=1S/C19H17N5OS/c1-3-24-16-10-9-14(11-15(16)22-23-24)18(25)21-19-20-17(12(2)26-19)13-7-5-4-6-8-13/h4-11H,3H2,1-2H3,(H,20,21,25). The van der Waals surface area contributed by atoms with Crippen LogP contribution >= 0.6 is 11.3 Å². The summed E-state index contributed by atoms with van der Waals surface area (Å²) in [5.74, 6) is -0.202. The average molecular weight is 363 g/mol. The lowest BCUT2D eigenvalue weighted by molar-refractivity contribution is 0.102. The van der Waals surface area contributed by atoms with Crippen molar-refractivity contribution in [3.05, 3.63) is 59.0 Å². The third kappa shape index (κ3) is 2.97. The Balaban J connectivity index is 1.59. The molecule has 0 bridgehead atoms. The molecule has 1 amide bonds. The number of aryl methyl sites for hydroxylation is 2. The molecule has 0 spiro atoms. The maximum atomic E-state index is 12.6. The molecule has 2 aromatic carbocycles. The van der Waals surface area contributed by atoms with E-state index >= 15 is 0 Å². The number of rotatable bonds is 4. The van der Waals surface area contributed by atoms with E-state index in [4.69, 9.17) is 0 Å². The molecular formula is C19H17N5OS. The van der Waals surface area contributed by atoms with E-state index < -0.39 is 0 Å². The van der Waals surface area contributed by atoms with Gasteiger partial charge in [-0.15, -0.1) is 16.4 Å². The van der Waals surface area contributed by atoms with Gasteiger partial charge in [-0.3, -0.25) is 10.1 Å². The van der Waals surface area contributed by atoms with Crippen molar-refractivity contribution in [2.24, 2.45) is 0 Å². The summed E-state index contributed by atoms with van der Waals surface area (Å²) in [4.78, 5) is 18.2. The van der Waals surface area contributed by atoms with Crippen molar-refractivity contribution in [3.8, 4) is 11.3 Å². The molecule has 0 saturated heterocycles. The number of amides is 1. The van der Waals surface area contributed by atoms with E-state index in [1.54, 1.807) is 16.8 Å². The Kier molecular flexibility index (Phi) is 4.22. The van der Waals surface area contributed by atoms with Crippen molar-refractivity contribution in [1.29, 1.82) is 0 Å². The maximum absolute atomic E-state index is 12.6. The van der Waals surface area contributed by atoms with E-state index in [9.17, 15) is 4.79 Å². The summed E-state index contributed by atoms with van der Waals surface area (Å²) < 4.78 is 1.80. The number of nitrogens with zero attached hydrogens (tertiary/aromatic N) is 4. The molecule has 1 N–H and O–H groups in total. The molecule has 26 heavy (non-hydrogen) atoms. The first-order valence-electron chi connectivity index (χ1n) is 8.33. The van der Waals surface area contributed by atoms with Gasteiger partial charge in [0.05, 0.1) is 11.2 Å². The highest BCUT2D eigenvalue weighted by molar-refractivity contribution is 7.16. The number of thiazole rings is 1. The smallest absolute Gasteiger partial charge is 0.257 e. The van der Waals surface area contributed by atoms with E-state index in [0.29, 0.717) is 16.2 Å². The number of benzene rings is 2. The lowest BCUT2D eigenvalue weighted by atomic mass is 10.1. The first-order valence-corrected chi connectivity index (χ1v) is 9.15. The van der Waals surface area contributed by atoms with E-state index in [1.165, 1.54) is 11.3 Å². The molecule has 2 aromatic heterocycles. The Hall–Kier alpha value is -3.06. The van der Waals surface area contributed by atoms with Gasteiger partial charge in [-0.1, -0.05) is 35.5 Å². The summed E-state index contributed by atoms with van der Waals surface area (Å²) in [5, 5.41) is 11.7. The van der Waals surface area contributed by atoms with Gasteiger partial charge < -0.3 is 0 Å². The number of nitrogens with one attached hydrogen (secondary N) is 1. The second-order valence-electron chi connectivity index (χ2n) is 5.85. The lowest BCUT2D eigenvalue weighted by Gasteiger charge is -2.02. The molecular weight excluding hydrogens is 346 g/mol. The fourth-order valence-corrected chi connectivity index (χ4v) is 3.66. The van der Waals surface area contributed by atoms with Crippen LogP contribution in [0.5, 0.6) is 0 Å². The molecule has 0 aliphatic rings. The topological polar surface area (TPSA) is 72.7 Å². The number of hydrogen-bond donors (Lipinski definition) is 1. The highest BCUT2D eigenvalue weighted by Crippen LogP contribution is 2.30. The van der Waals surface area contributed by atoms with E-state index in [2.05, 4.69) is 20.6 Å². The first kappa shape index (κ1) is 16.4. The number of aromatic nitrogens is 4. The van der Waals surface area contributed by atoms with Crippen molar-refractivity contribution in [1.82, 2.24) is 20.0 Å². The Morgan fingerprint density at radius 1 is 1.19 bits per heavy atom. The molecule has 4 aromatic rings. The second-order valence-corrected chi connectivity index (χ2v) is 7.06. The number of carbonyl (C=O) groups is 1. The molecule has 0 aliphatic heterocycles. The van der Waals surface area contributed by atoms with Crippen molar-refractivity contribution < 1.29 is 4.79 Å². The van der Waals surface area contributed by atoms with Gasteiger partial charge in [-0.05, 0) is 32.0 Å². The zero-order chi connectivity index (χ0) is 18.1. The van der Waals surface area contributed by atoms with Gasteiger partial charge in [-0.2, -0.15) is 0 Å². The minimum absolute atomic E-state index is 0.202. The quantitative estimate of drug-likeness (QED) is 0.591. The third-order valence-corrected chi connectivity index (χ3v) is 5.03. The monoisotopic (exact) mass is 363 g/mol. The van der Waals surface area contributed by atoms with Crippen LogP contribution in [-0.4, -0.2) is 25.9 Å². The van der Waals surface area contributed by atoms with Crippen LogP contribution in [0.15, 0.2) is 48.5 Å². The van der Waals surface area contributed by atoms with Gasteiger partial charge in [0.15, 0.2) is 5.13 Å². The van der Waals surface area contributed by atoms with Crippen LogP contribution in [0.2, 0.25) is 0 Å². The normalized spacial score (nSPS) is 11.0. The largest absolute Gasteiger partial charge is 0.298 e. The van der Waals surface area contributed by atoms with Gasteiger partial charge in [0.25, 0.3) is 5.91 Å².